The fraction of sp³-hybridized carbons (Fsp3) is 0.438. The number of sulfonamides is 1. The van der Waals surface area contributed by atoms with Crippen LogP contribution >= 0.6 is 0 Å². The normalized spacial score (nSPS) is 11.8. The number of anilines is 1. The summed E-state index contributed by atoms with van der Waals surface area (Å²) in [6.45, 7) is 6.10. The Bertz CT molecular complexity index is 706. The van der Waals surface area contributed by atoms with Crippen molar-refractivity contribution in [1.29, 1.82) is 0 Å². The maximum Gasteiger partial charge on any atom is 0.234 e. The molecule has 0 atom stereocenters. The van der Waals surface area contributed by atoms with Gasteiger partial charge in [0.05, 0.1) is 5.75 Å². The van der Waals surface area contributed by atoms with E-state index in [1.54, 1.807) is 0 Å². The second-order valence-corrected chi connectivity index (χ2v) is 7.77. The molecule has 0 bridgehead atoms. The van der Waals surface area contributed by atoms with Crippen molar-refractivity contribution in [2.24, 2.45) is 5.92 Å². The van der Waals surface area contributed by atoms with E-state index in [1.807, 2.05) is 37.3 Å². The van der Waals surface area contributed by atoms with Gasteiger partial charge in [0, 0.05) is 11.3 Å². The first-order valence-corrected chi connectivity index (χ1v) is 9.11. The van der Waals surface area contributed by atoms with Crippen molar-refractivity contribution >= 4 is 15.8 Å². The zero-order valence-electron chi connectivity index (χ0n) is 13.3. The van der Waals surface area contributed by atoms with Crippen LogP contribution in [0.25, 0.3) is 0 Å². The van der Waals surface area contributed by atoms with Crippen molar-refractivity contribution in [3.63, 3.8) is 0 Å². The number of hydrogen-bond acceptors (Lipinski definition) is 3. The van der Waals surface area contributed by atoms with E-state index in [0.29, 0.717) is 18.2 Å². The lowest BCUT2D eigenvalue weighted by Gasteiger charge is -2.10. The first kappa shape index (κ1) is 16.5. The fourth-order valence-electron chi connectivity index (χ4n) is 2.29. The summed E-state index contributed by atoms with van der Waals surface area (Å²) in [5.41, 5.74) is 2.86. The van der Waals surface area contributed by atoms with Crippen LogP contribution in [0.1, 0.15) is 30.7 Å². The largest absolute Gasteiger partial charge is 0.280 e. The summed E-state index contributed by atoms with van der Waals surface area (Å²) in [7, 11) is -3.41. The maximum atomic E-state index is 12.3. The highest BCUT2D eigenvalue weighted by Crippen LogP contribution is 2.21. The van der Waals surface area contributed by atoms with E-state index in [-0.39, 0.29) is 5.75 Å². The predicted octanol–water partition coefficient (Wildman–Crippen LogP) is 2.90. The third-order valence-electron chi connectivity index (χ3n) is 3.44. The number of hydrogen-bond donors (Lipinski definition) is 2. The summed E-state index contributed by atoms with van der Waals surface area (Å²) >= 11 is 0. The molecule has 0 radical (unpaired) electrons. The zero-order chi connectivity index (χ0) is 16.2. The van der Waals surface area contributed by atoms with Crippen molar-refractivity contribution in [3.8, 4) is 0 Å². The van der Waals surface area contributed by atoms with E-state index < -0.39 is 10.0 Å². The van der Waals surface area contributed by atoms with E-state index in [2.05, 4.69) is 28.8 Å². The van der Waals surface area contributed by atoms with Crippen molar-refractivity contribution in [3.05, 3.63) is 47.2 Å². The third-order valence-corrected chi connectivity index (χ3v) is 4.69. The molecule has 6 heteroatoms. The molecule has 1 aromatic carbocycles. The molecule has 120 valence electrons. The summed E-state index contributed by atoms with van der Waals surface area (Å²) in [4.78, 5) is 0. The molecule has 5 nitrogen and oxygen atoms in total. The summed E-state index contributed by atoms with van der Waals surface area (Å²) in [5.74, 6) is 0.910. The Hall–Kier alpha value is -1.82. The van der Waals surface area contributed by atoms with Gasteiger partial charge >= 0.3 is 0 Å². The lowest BCUT2D eigenvalue weighted by molar-refractivity contribution is 0.599. The topological polar surface area (TPSA) is 74.8 Å². The highest BCUT2D eigenvalue weighted by molar-refractivity contribution is 7.92. The van der Waals surface area contributed by atoms with Gasteiger partial charge in [-0.2, -0.15) is 5.10 Å². The van der Waals surface area contributed by atoms with Crippen LogP contribution in [0.5, 0.6) is 0 Å². The third kappa shape index (κ3) is 4.59. The number of aromatic nitrogens is 2. The Morgan fingerprint density at radius 2 is 1.91 bits per heavy atom. The smallest absolute Gasteiger partial charge is 0.234 e. The molecule has 2 N–H and O–H groups in total. The van der Waals surface area contributed by atoms with E-state index in [1.165, 1.54) is 0 Å². The van der Waals surface area contributed by atoms with Gasteiger partial charge in [0.2, 0.25) is 10.0 Å². The molecule has 0 fully saturated rings. The second-order valence-electron chi connectivity index (χ2n) is 5.93. The molecule has 2 rings (SSSR count). The number of aromatic amines is 1. The minimum atomic E-state index is -3.41. The molecule has 22 heavy (non-hydrogen) atoms. The number of rotatable bonds is 7. The summed E-state index contributed by atoms with van der Waals surface area (Å²) < 4.78 is 27.1. The monoisotopic (exact) mass is 321 g/mol. The number of aryl methyl sites for hydroxylation is 2. The van der Waals surface area contributed by atoms with Crippen LogP contribution in [0.4, 0.5) is 5.82 Å². The number of benzene rings is 1. The van der Waals surface area contributed by atoms with Crippen molar-refractivity contribution in [2.75, 3.05) is 10.5 Å². The second kappa shape index (κ2) is 6.96. The molecular formula is C16H23N3O2S. The minimum Gasteiger partial charge on any atom is -0.280 e. The van der Waals surface area contributed by atoms with E-state index in [4.69, 9.17) is 0 Å². The van der Waals surface area contributed by atoms with E-state index >= 15 is 0 Å². The van der Waals surface area contributed by atoms with Gasteiger partial charge in [0.25, 0.3) is 0 Å². The van der Waals surface area contributed by atoms with Gasteiger partial charge in [-0.3, -0.25) is 9.82 Å². The molecule has 0 amide bonds. The van der Waals surface area contributed by atoms with Crippen LogP contribution < -0.4 is 4.72 Å². The van der Waals surface area contributed by atoms with Crippen molar-refractivity contribution in [1.82, 2.24) is 10.2 Å². The summed E-state index contributed by atoms with van der Waals surface area (Å²) in [6, 6.07) is 9.60. The fourth-order valence-corrected chi connectivity index (χ4v) is 3.36. The van der Waals surface area contributed by atoms with Gasteiger partial charge in [0.15, 0.2) is 5.82 Å². The van der Waals surface area contributed by atoms with E-state index in [9.17, 15) is 8.42 Å². The summed E-state index contributed by atoms with van der Waals surface area (Å²) in [6.07, 6.45) is 1.28. The Balaban J connectivity index is 2.06. The van der Waals surface area contributed by atoms with Crippen LogP contribution in [0.15, 0.2) is 30.3 Å². The minimum absolute atomic E-state index is 0.0457. The maximum absolute atomic E-state index is 12.3. The molecule has 0 aliphatic carbocycles. The quantitative estimate of drug-likeness (QED) is 0.823. The number of nitrogens with zero attached hydrogens (tertiary/aromatic N) is 1. The van der Waals surface area contributed by atoms with Gasteiger partial charge in [-0.25, -0.2) is 8.42 Å². The number of H-pyrrole nitrogens is 1. The standard InChI is InChI=1S/C16H23N3O2S/c1-12(2)11-15-13(3)17-18-16(15)19-22(20,21)10-9-14-7-5-4-6-8-14/h4-8,12H,9-11H2,1-3H3,(H2,17,18,19). The van der Waals surface area contributed by atoms with Crippen molar-refractivity contribution in [2.45, 2.75) is 33.6 Å². The molecule has 0 saturated heterocycles. The van der Waals surface area contributed by atoms with Gasteiger partial charge < -0.3 is 0 Å². The molecule has 0 spiro atoms. The lowest BCUT2D eigenvalue weighted by atomic mass is 10.0. The molecule has 1 aromatic heterocycles. The molecule has 0 aliphatic rings. The zero-order valence-corrected chi connectivity index (χ0v) is 14.1. The average Bonchev–Trinajstić information content (AvgIpc) is 2.78. The van der Waals surface area contributed by atoms with Gasteiger partial charge in [-0.05, 0) is 31.2 Å². The van der Waals surface area contributed by atoms with Crippen LogP contribution in [0.2, 0.25) is 0 Å². The summed E-state index contributed by atoms with van der Waals surface area (Å²) in [5, 5.41) is 6.96. The highest BCUT2D eigenvalue weighted by atomic mass is 32.2. The van der Waals surface area contributed by atoms with E-state index in [0.717, 1.165) is 23.2 Å². The molecule has 0 saturated carbocycles. The molecule has 2 aromatic rings. The molecule has 1 heterocycles. The van der Waals surface area contributed by atoms with Crippen LogP contribution in [0, 0.1) is 12.8 Å². The predicted molar refractivity (Wildman–Crippen MR) is 89.4 cm³/mol. The average molecular weight is 321 g/mol. The Morgan fingerprint density at radius 1 is 1.23 bits per heavy atom. The van der Waals surface area contributed by atoms with Gasteiger partial charge in [-0.15, -0.1) is 0 Å². The molecular weight excluding hydrogens is 298 g/mol. The van der Waals surface area contributed by atoms with Crippen LogP contribution in [0.3, 0.4) is 0 Å². The van der Waals surface area contributed by atoms with Gasteiger partial charge in [-0.1, -0.05) is 44.2 Å². The van der Waals surface area contributed by atoms with Crippen LogP contribution in [-0.4, -0.2) is 24.4 Å². The Kier molecular flexibility index (Phi) is 5.24. The van der Waals surface area contributed by atoms with Gasteiger partial charge in [0.1, 0.15) is 0 Å². The van der Waals surface area contributed by atoms with Crippen molar-refractivity contribution < 1.29 is 8.42 Å². The Labute approximate surface area is 132 Å². The highest BCUT2D eigenvalue weighted by Gasteiger charge is 2.17. The molecule has 0 aliphatic heterocycles. The number of nitrogens with one attached hydrogen (secondary N) is 2. The Morgan fingerprint density at radius 3 is 2.55 bits per heavy atom. The van der Waals surface area contributed by atoms with Crippen LogP contribution in [-0.2, 0) is 22.9 Å². The first-order valence-electron chi connectivity index (χ1n) is 7.45. The SMILES string of the molecule is Cc1[nH]nc(NS(=O)(=O)CCc2ccccc2)c1CC(C)C. The molecule has 0 unspecified atom stereocenters. The first-order chi connectivity index (χ1) is 10.4. The lowest BCUT2D eigenvalue weighted by Crippen LogP contribution is -2.19.